The maximum Gasteiger partial charge on any atom is 0.250 e. The highest BCUT2D eigenvalue weighted by Crippen LogP contribution is 2.18. The molecule has 1 aliphatic heterocycles. The van der Waals surface area contributed by atoms with Gasteiger partial charge in [-0.1, -0.05) is 0 Å². The average Bonchev–Trinajstić information content (AvgIpc) is 3.25. The van der Waals surface area contributed by atoms with Gasteiger partial charge in [-0.2, -0.15) is 5.10 Å². The first kappa shape index (κ1) is 15.4. The molecule has 0 aliphatic carbocycles. The second kappa shape index (κ2) is 7.19. The molecule has 0 spiro atoms. The summed E-state index contributed by atoms with van der Waals surface area (Å²) < 4.78 is 6.41. The lowest BCUT2D eigenvalue weighted by atomic mass is 10.4. The number of carbonyl (C=O) groups is 1. The van der Waals surface area contributed by atoms with Gasteiger partial charge in [0.1, 0.15) is 0 Å². The first-order valence-electron chi connectivity index (χ1n) is 7.67. The predicted octanol–water partition coefficient (Wildman–Crippen LogP) is 1.24. The van der Waals surface area contributed by atoms with Crippen molar-refractivity contribution in [3.8, 4) is 5.95 Å². The number of amides is 1. The Morgan fingerprint density at radius 3 is 2.70 bits per heavy atom. The van der Waals surface area contributed by atoms with Crippen molar-refractivity contribution in [1.82, 2.24) is 19.7 Å². The standard InChI is InChI=1S/C15H20N6O2/c1-23-7-4-14(22)19-12-8-18-21(11-12)15-16-9-13(10-17-15)20-5-2-3-6-20/h8-11H,2-7H2,1H3,(H,19,22). The van der Waals surface area contributed by atoms with Crippen LogP contribution in [0.25, 0.3) is 5.95 Å². The molecule has 122 valence electrons. The van der Waals surface area contributed by atoms with Gasteiger partial charge >= 0.3 is 0 Å². The van der Waals surface area contributed by atoms with E-state index < -0.39 is 0 Å². The second-order valence-electron chi connectivity index (χ2n) is 5.40. The third kappa shape index (κ3) is 3.84. The van der Waals surface area contributed by atoms with Gasteiger partial charge in [0.05, 0.1) is 49.2 Å². The number of ether oxygens (including phenoxy) is 1. The first-order chi connectivity index (χ1) is 11.3. The van der Waals surface area contributed by atoms with Crippen LogP contribution in [0.1, 0.15) is 19.3 Å². The molecular formula is C15H20N6O2. The van der Waals surface area contributed by atoms with Crippen LogP contribution in [-0.4, -0.2) is 52.5 Å². The van der Waals surface area contributed by atoms with Gasteiger partial charge in [-0.3, -0.25) is 4.79 Å². The number of aromatic nitrogens is 4. The fraction of sp³-hybridized carbons (Fsp3) is 0.467. The van der Waals surface area contributed by atoms with E-state index in [4.69, 9.17) is 4.74 Å². The molecule has 1 fully saturated rings. The van der Waals surface area contributed by atoms with Gasteiger partial charge in [0.2, 0.25) is 5.91 Å². The Morgan fingerprint density at radius 1 is 1.26 bits per heavy atom. The Kier molecular flexibility index (Phi) is 4.82. The lowest BCUT2D eigenvalue weighted by molar-refractivity contribution is -0.117. The van der Waals surface area contributed by atoms with Gasteiger partial charge in [-0.25, -0.2) is 14.6 Å². The summed E-state index contributed by atoms with van der Waals surface area (Å²) in [5, 5.41) is 6.94. The molecule has 1 N–H and O–H groups in total. The van der Waals surface area contributed by atoms with E-state index in [1.807, 2.05) is 12.4 Å². The largest absolute Gasteiger partial charge is 0.384 e. The van der Waals surface area contributed by atoms with Crippen LogP contribution < -0.4 is 10.2 Å². The van der Waals surface area contributed by atoms with Crippen molar-refractivity contribution in [3.63, 3.8) is 0 Å². The van der Waals surface area contributed by atoms with Gasteiger partial charge in [-0.05, 0) is 12.8 Å². The number of hydrogen-bond donors (Lipinski definition) is 1. The molecule has 1 saturated heterocycles. The van der Waals surface area contributed by atoms with Gasteiger partial charge in [-0.15, -0.1) is 0 Å². The number of carbonyl (C=O) groups excluding carboxylic acids is 1. The van der Waals surface area contributed by atoms with Gasteiger partial charge in [0.25, 0.3) is 5.95 Å². The number of hydrogen-bond acceptors (Lipinski definition) is 6. The summed E-state index contributed by atoms with van der Waals surface area (Å²) in [6.45, 7) is 2.51. The molecule has 0 saturated carbocycles. The van der Waals surface area contributed by atoms with Crippen molar-refractivity contribution in [2.45, 2.75) is 19.3 Å². The van der Waals surface area contributed by atoms with Crippen molar-refractivity contribution in [2.75, 3.05) is 37.0 Å². The maximum absolute atomic E-state index is 11.6. The molecular weight excluding hydrogens is 296 g/mol. The van der Waals surface area contributed by atoms with Gasteiger partial charge in [0.15, 0.2) is 0 Å². The number of methoxy groups -OCH3 is 1. The Balaban J connectivity index is 1.64. The van der Waals surface area contributed by atoms with E-state index in [-0.39, 0.29) is 5.91 Å². The van der Waals surface area contributed by atoms with Crippen LogP contribution in [0.5, 0.6) is 0 Å². The highest BCUT2D eigenvalue weighted by atomic mass is 16.5. The third-order valence-corrected chi connectivity index (χ3v) is 3.70. The van der Waals surface area contributed by atoms with E-state index in [2.05, 4.69) is 25.3 Å². The molecule has 0 bridgehead atoms. The minimum atomic E-state index is -0.114. The molecule has 2 aromatic heterocycles. The predicted molar refractivity (Wildman–Crippen MR) is 85.7 cm³/mol. The Hall–Kier alpha value is -2.48. The molecule has 23 heavy (non-hydrogen) atoms. The van der Waals surface area contributed by atoms with E-state index in [1.165, 1.54) is 12.8 Å². The second-order valence-corrected chi connectivity index (χ2v) is 5.40. The topological polar surface area (TPSA) is 85.2 Å². The van der Waals surface area contributed by atoms with Crippen molar-refractivity contribution in [1.29, 1.82) is 0 Å². The summed E-state index contributed by atoms with van der Waals surface area (Å²) in [6.07, 6.45) is 9.62. The van der Waals surface area contributed by atoms with Gasteiger partial charge < -0.3 is 15.0 Å². The third-order valence-electron chi connectivity index (χ3n) is 3.70. The Bertz CT molecular complexity index is 648. The number of anilines is 2. The zero-order valence-electron chi connectivity index (χ0n) is 13.1. The summed E-state index contributed by atoms with van der Waals surface area (Å²) in [7, 11) is 1.56. The minimum Gasteiger partial charge on any atom is -0.384 e. The summed E-state index contributed by atoms with van der Waals surface area (Å²) in [5.41, 5.74) is 1.64. The van der Waals surface area contributed by atoms with E-state index in [1.54, 1.807) is 24.2 Å². The summed E-state index contributed by atoms with van der Waals surface area (Å²) in [5.74, 6) is 0.363. The van der Waals surface area contributed by atoms with Crippen molar-refractivity contribution in [3.05, 3.63) is 24.8 Å². The number of nitrogens with zero attached hydrogens (tertiary/aromatic N) is 5. The molecule has 0 unspecified atom stereocenters. The van der Waals surface area contributed by atoms with Gasteiger partial charge in [0, 0.05) is 20.2 Å². The molecule has 0 radical (unpaired) electrons. The molecule has 1 aliphatic rings. The summed E-state index contributed by atoms with van der Waals surface area (Å²) >= 11 is 0. The van der Waals surface area contributed by atoms with Crippen LogP contribution in [0.15, 0.2) is 24.8 Å². The molecule has 0 atom stereocenters. The molecule has 8 heteroatoms. The van der Waals surface area contributed by atoms with Crippen molar-refractivity contribution < 1.29 is 9.53 Å². The first-order valence-corrected chi connectivity index (χ1v) is 7.67. The van der Waals surface area contributed by atoms with E-state index in [0.29, 0.717) is 24.7 Å². The number of nitrogens with one attached hydrogen (secondary N) is 1. The van der Waals surface area contributed by atoms with Crippen molar-refractivity contribution >= 4 is 17.3 Å². The quantitative estimate of drug-likeness (QED) is 0.863. The SMILES string of the molecule is COCCC(=O)Nc1cnn(-c2ncc(N3CCCC3)cn2)c1. The molecule has 3 heterocycles. The lowest BCUT2D eigenvalue weighted by Gasteiger charge is -2.16. The zero-order valence-corrected chi connectivity index (χ0v) is 13.1. The van der Waals surface area contributed by atoms with Crippen molar-refractivity contribution in [2.24, 2.45) is 0 Å². The molecule has 0 aromatic carbocycles. The Labute approximate surface area is 134 Å². The maximum atomic E-state index is 11.6. The Morgan fingerprint density at radius 2 is 2.00 bits per heavy atom. The van der Waals surface area contributed by atoms with Crippen LogP contribution in [0.2, 0.25) is 0 Å². The molecule has 3 rings (SSSR count). The minimum absolute atomic E-state index is 0.114. The van der Waals surface area contributed by atoms with Crippen LogP contribution in [0.3, 0.4) is 0 Å². The van der Waals surface area contributed by atoms with E-state index in [0.717, 1.165) is 18.8 Å². The molecule has 1 amide bonds. The van der Waals surface area contributed by atoms with Crippen LogP contribution >= 0.6 is 0 Å². The summed E-state index contributed by atoms with van der Waals surface area (Å²) in [4.78, 5) is 22.6. The molecule has 2 aromatic rings. The monoisotopic (exact) mass is 316 g/mol. The average molecular weight is 316 g/mol. The van der Waals surface area contributed by atoms with Crippen LogP contribution in [0, 0.1) is 0 Å². The zero-order chi connectivity index (χ0) is 16.1. The highest BCUT2D eigenvalue weighted by molar-refractivity contribution is 5.90. The highest BCUT2D eigenvalue weighted by Gasteiger charge is 2.13. The van der Waals surface area contributed by atoms with Crippen LogP contribution in [-0.2, 0) is 9.53 Å². The fourth-order valence-corrected chi connectivity index (χ4v) is 2.49. The van der Waals surface area contributed by atoms with Crippen LogP contribution in [0.4, 0.5) is 11.4 Å². The lowest BCUT2D eigenvalue weighted by Crippen LogP contribution is -2.18. The normalized spacial score (nSPS) is 14.2. The molecule has 8 nitrogen and oxygen atoms in total. The number of rotatable bonds is 6. The fourth-order valence-electron chi connectivity index (χ4n) is 2.49. The van der Waals surface area contributed by atoms with E-state index in [9.17, 15) is 4.79 Å². The van der Waals surface area contributed by atoms with E-state index >= 15 is 0 Å². The smallest absolute Gasteiger partial charge is 0.250 e. The summed E-state index contributed by atoms with van der Waals surface area (Å²) in [6, 6.07) is 0.